The normalized spacial score (nSPS) is 26.3. The van der Waals surface area contributed by atoms with E-state index in [0.717, 1.165) is 15.8 Å². The second-order valence-corrected chi connectivity index (χ2v) is 9.55. The minimum atomic E-state index is -1.60. The molecule has 5 aromatic rings. The number of rotatable bonds is 2. The summed E-state index contributed by atoms with van der Waals surface area (Å²) in [7, 11) is 1.44. The van der Waals surface area contributed by atoms with Crippen molar-refractivity contribution in [2.24, 2.45) is 0 Å². The predicted molar refractivity (Wildman–Crippen MR) is 132 cm³/mol. The minimum absolute atomic E-state index is 0.223. The van der Waals surface area contributed by atoms with Gasteiger partial charge in [0.2, 0.25) is 0 Å². The molecule has 2 amide bonds. The van der Waals surface area contributed by atoms with Gasteiger partial charge >= 0.3 is 0 Å². The molecule has 5 heterocycles. The Kier molecular flexibility index (Phi) is 4.57. The van der Waals surface area contributed by atoms with Gasteiger partial charge in [-0.05, 0) is 12.1 Å². The third-order valence-electron chi connectivity index (χ3n) is 7.66. The Hall–Kier alpha value is -3.87. The van der Waals surface area contributed by atoms with Crippen molar-refractivity contribution in [1.82, 2.24) is 19.4 Å². The van der Waals surface area contributed by atoms with E-state index in [4.69, 9.17) is 4.74 Å². The summed E-state index contributed by atoms with van der Waals surface area (Å²) >= 11 is 0. The fraction of sp³-hybridized carbons (Fsp3) is 0.269. The zero-order valence-corrected chi connectivity index (χ0v) is 19.5. The predicted octanol–water partition coefficient (Wildman–Crippen LogP) is 1.02. The van der Waals surface area contributed by atoms with E-state index in [-0.39, 0.29) is 11.1 Å². The van der Waals surface area contributed by atoms with Crippen LogP contribution in [0.4, 0.5) is 0 Å². The Morgan fingerprint density at radius 1 is 0.973 bits per heavy atom. The van der Waals surface area contributed by atoms with Gasteiger partial charge in [-0.25, -0.2) is 0 Å². The Labute approximate surface area is 208 Å². The first-order chi connectivity index (χ1) is 17.8. The summed E-state index contributed by atoms with van der Waals surface area (Å²) in [5, 5.41) is 44.1. The van der Waals surface area contributed by atoms with E-state index in [1.165, 1.54) is 7.05 Å². The molecule has 0 bridgehead atoms. The van der Waals surface area contributed by atoms with Crippen LogP contribution in [-0.2, 0) is 4.74 Å². The van der Waals surface area contributed by atoms with Crippen LogP contribution in [0.5, 0.6) is 0 Å². The second-order valence-electron chi connectivity index (χ2n) is 9.55. The Morgan fingerprint density at radius 3 is 2.46 bits per heavy atom. The van der Waals surface area contributed by atoms with Gasteiger partial charge in [-0.3, -0.25) is 19.5 Å². The fourth-order valence-electron chi connectivity index (χ4n) is 5.90. The molecule has 37 heavy (non-hydrogen) atoms. The maximum atomic E-state index is 13.5. The maximum absolute atomic E-state index is 13.5. The molecular formula is C26H22N4O7. The molecule has 11 nitrogen and oxygen atoms in total. The van der Waals surface area contributed by atoms with Gasteiger partial charge in [-0.2, -0.15) is 0 Å². The van der Waals surface area contributed by atoms with Gasteiger partial charge in [-0.1, -0.05) is 18.2 Å². The van der Waals surface area contributed by atoms with Crippen LogP contribution in [0.15, 0.2) is 42.7 Å². The molecule has 5 atom stereocenters. The number of carbonyl (C=O) groups excluding carboxylic acids is 2. The van der Waals surface area contributed by atoms with E-state index in [0.29, 0.717) is 32.7 Å². The van der Waals surface area contributed by atoms with Crippen molar-refractivity contribution in [3.05, 3.63) is 53.9 Å². The van der Waals surface area contributed by atoms with Crippen molar-refractivity contribution in [2.45, 2.75) is 30.6 Å². The lowest BCUT2D eigenvalue weighted by Crippen LogP contribution is -2.56. The van der Waals surface area contributed by atoms with Crippen molar-refractivity contribution in [1.29, 1.82) is 0 Å². The number of pyridine rings is 1. The quantitative estimate of drug-likeness (QED) is 0.224. The molecule has 11 heteroatoms. The summed E-state index contributed by atoms with van der Waals surface area (Å²) in [6, 6.07) is 9.10. The molecular weight excluding hydrogens is 480 g/mol. The number of H-pyrrole nitrogens is 1. The van der Waals surface area contributed by atoms with E-state index in [1.54, 1.807) is 23.0 Å². The Balaban J connectivity index is 1.71. The zero-order valence-electron chi connectivity index (χ0n) is 19.5. The van der Waals surface area contributed by atoms with Crippen LogP contribution < -0.4 is 0 Å². The molecule has 1 saturated heterocycles. The summed E-state index contributed by atoms with van der Waals surface area (Å²) in [4.78, 5) is 35.6. The van der Waals surface area contributed by atoms with Gasteiger partial charge in [0.25, 0.3) is 11.8 Å². The van der Waals surface area contributed by atoms with Crippen molar-refractivity contribution in [2.75, 3.05) is 13.7 Å². The minimum Gasteiger partial charge on any atom is -0.394 e. The lowest BCUT2D eigenvalue weighted by molar-refractivity contribution is -0.249. The number of hydrogen-bond acceptors (Lipinski definition) is 8. The van der Waals surface area contributed by atoms with Crippen molar-refractivity contribution in [3.63, 3.8) is 0 Å². The number of ether oxygens (including phenoxy) is 1. The fourth-order valence-corrected chi connectivity index (χ4v) is 5.90. The zero-order chi connectivity index (χ0) is 25.7. The van der Waals surface area contributed by atoms with Crippen molar-refractivity contribution >= 4 is 55.4 Å². The molecule has 0 radical (unpaired) electrons. The van der Waals surface area contributed by atoms with Crippen LogP contribution in [0.2, 0.25) is 0 Å². The lowest BCUT2D eigenvalue weighted by atomic mass is 9.96. The summed E-state index contributed by atoms with van der Waals surface area (Å²) < 4.78 is 7.60. The highest BCUT2D eigenvalue weighted by Gasteiger charge is 2.46. The first-order valence-corrected chi connectivity index (χ1v) is 11.8. The Morgan fingerprint density at radius 2 is 1.70 bits per heavy atom. The van der Waals surface area contributed by atoms with Gasteiger partial charge in [0, 0.05) is 46.5 Å². The number of benzene rings is 2. The third-order valence-corrected chi connectivity index (χ3v) is 7.66. The molecule has 2 aromatic carbocycles. The van der Waals surface area contributed by atoms with Gasteiger partial charge in [0.15, 0.2) is 6.23 Å². The average molecular weight is 502 g/mol. The average Bonchev–Trinajstić information content (AvgIpc) is 3.53. The number of fused-ring (bicyclic) bond motifs is 10. The van der Waals surface area contributed by atoms with Crippen molar-refractivity contribution in [3.8, 4) is 0 Å². The third kappa shape index (κ3) is 2.69. The van der Waals surface area contributed by atoms with Crippen molar-refractivity contribution < 1.29 is 34.8 Å². The summed E-state index contributed by atoms with van der Waals surface area (Å²) in [5.74, 6) is -0.886. The largest absolute Gasteiger partial charge is 0.394 e. The van der Waals surface area contributed by atoms with Crippen LogP contribution in [0.1, 0.15) is 26.9 Å². The van der Waals surface area contributed by atoms with E-state index in [1.807, 2.05) is 24.3 Å². The second kappa shape index (κ2) is 7.57. The van der Waals surface area contributed by atoms with Crippen LogP contribution in [0.3, 0.4) is 0 Å². The number of carbonyl (C=O) groups is 2. The van der Waals surface area contributed by atoms with Crippen LogP contribution in [0, 0.1) is 0 Å². The topological polar surface area (TPSA) is 161 Å². The molecule has 3 aromatic heterocycles. The van der Waals surface area contributed by atoms with Gasteiger partial charge in [0.05, 0.1) is 34.3 Å². The lowest BCUT2D eigenvalue weighted by Gasteiger charge is -2.41. The number of aliphatic hydroxyl groups excluding tert-OH is 4. The molecule has 0 aliphatic carbocycles. The molecule has 0 saturated carbocycles. The van der Waals surface area contributed by atoms with Gasteiger partial charge in [0.1, 0.15) is 24.4 Å². The molecule has 188 valence electrons. The summed E-state index contributed by atoms with van der Waals surface area (Å²) in [6.07, 6.45) is -3.97. The highest BCUT2D eigenvalue weighted by atomic mass is 16.6. The molecule has 2 aliphatic rings. The molecule has 5 N–H and O–H groups in total. The smallest absolute Gasteiger partial charge is 0.262 e. The van der Waals surface area contributed by atoms with E-state index in [2.05, 4.69) is 9.97 Å². The summed E-state index contributed by atoms with van der Waals surface area (Å²) in [6.45, 7) is -0.588. The standard InChI is InChI=1S/C26H22N4O7/c1-29-24(35)17-15-10-4-2-3-5-12(10)28-19(15)20-16(18(17)25(29)36)11-8-27-7-6-13(11)30(20)26-23(34)22(33)21(32)14(9-31)37-26/h2-8,14,21-23,26,28,31-34H,9H2,1H3/t14-,21-,22+,23-,26-/m1/s1. The van der Waals surface area contributed by atoms with Crippen LogP contribution >= 0.6 is 0 Å². The molecule has 7 rings (SSSR count). The van der Waals surface area contributed by atoms with E-state index in [9.17, 15) is 30.0 Å². The summed E-state index contributed by atoms with van der Waals surface area (Å²) in [5.41, 5.74) is 2.78. The maximum Gasteiger partial charge on any atom is 0.262 e. The number of nitrogens with zero attached hydrogens (tertiary/aromatic N) is 3. The number of para-hydroxylation sites is 1. The number of hydrogen-bond donors (Lipinski definition) is 5. The SMILES string of the molecule is CN1C(=O)c2c(c3c4cnccc4n([C@@H]4O[C@H](CO)[C@@H](O)[C@H](O)[C@H]4O)c3c3[nH]c4ccccc4c23)C1=O. The first-order valence-electron chi connectivity index (χ1n) is 11.8. The number of nitrogens with one attached hydrogen (secondary N) is 1. The van der Waals surface area contributed by atoms with Crippen LogP contribution in [-0.4, -0.2) is 89.7 Å². The number of amides is 2. The van der Waals surface area contributed by atoms with E-state index < -0.39 is 49.1 Å². The molecule has 1 fully saturated rings. The van der Waals surface area contributed by atoms with E-state index >= 15 is 0 Å². The number of aliphatic hydroxyl groups is 4. The molecule has 0 spiro atoms. The van der Waals surface area contributed by atoms with Gasteiger partial charge < -0.3 is 34.7 Å². The molecule has 2 aliphatic heterocycles. The number of aromatic nitrogens is 3. The Bertz CT molecular complexity index is 1790. The number of aromatic amines is 1. The van der Waals surface area contributed by atoms with Crippen LogP contribution in [0.25, 0.3) is 43.6 Å². The molecule has 0 unspecified atom stereocenters. The highest BCUT2D eigenvalue weighted by Crippen LogP contribution is 2.46. The highest BCUT2D eigenvalue weighted by molar-refractivity contribution is 6.39. The van der Waals surface area contributed by atoms with Gasteiger partial charge in [-0.15, -0.1) is 0 Å². The first kappa shape index (κ1) is 22.3. The monoisotopic (exact) mass is 502 g/mol. The number of imide groups is 1.